The molecular weight excluding hydrogens is 252 g/mol. The van der Waals surface area contributed by atoms with E-state index in [0.29, 0.717) is 12.2 Å². The summed E-state index contributed by atoms with van der Waals surface area (Å²) in [5.74, 6) is -0.0859. The fourth-order valence-electron chi connectivity index (χ4n) is 1.65. The van der Waals surface area contributed by atoms with Crippen LogP contribution >= 0.6 is 0 Å². The summed E-state index contributed by atoms with van der Waals surface area (Å²) in [5, 5.41) is 2.84. The van der Waals surface area contributed by atoms with E-state index in [4.69, 9.17) is 10.5 Å². The van der Waals surface area contributed by atoms with Crippen molar-refractivity contribution in [1.29, 1.82) is 0 Å². The van der Waals surface area contributed by atoms with Gasteiger partial charge in [0.1, 0.15) is 0 Å². The van der Waals surface area contributed by atoms with Crippen molar-refractivity contribution < 1.29 is 9.53 Å². The Morgan fingerprint density at radius 2 is 2.20 bits per heavy atom. The first-order chi connectivity index (χ1) is 9.58. The minimum absolute atomic E-state index is 0.0859. The van der Waals surface area contributed by atoms with Gasteiger partial charge in [-0.3, -0.25) is 4.79 Å². The highest BCUT2D eigenvalue weighted by molar-refractivity contribution is 5.91. The van der Waals surface area contributed by atoms with Gasteiger partial charge in [0.05, 0.1) is 6.10 Å². The third-order valence-electron chi connectivity index (χ3n) is 2.66. The molecule has 20 heavy (non-hydrogen) atoms. The summed E-state index contributed by atoms with van der Waals surface area (Å²) in [6.07, 6.45) is 5.43. The number of carbonyl (C=O) groups excluding carboxylic acids is 1. The monoisotopic (exact) mass is 276 g/mol. The fraction of sp³-hybridized carbons (Fsp3) is 0.438. The molecule has 0 aliphatic carbocycles. The summed E-state index contributed by atoms with van der Waals surface area (Å²) >= 11 is 0. The van der Waals surface area contributed by atoms with Crippen LogP contribution in [0.4, 0.5) is 5.69 Å². The Kier molecular flexibility index (Phi) is 7.43. The van der Waals surface area contributed by atoms with Gasteiger partial charge in [-0.25, -0.2) is 0 Å². The van der Waals surface area contributed by atoms with Crippen LogP contribution in [0.1, 0.15) is 32.3 Å². The van der Waals surface area contributed by atoms with Gasteiger partial charge < -0.3 is 15.8 Å². The van der Waals surface area contributed by atoms with E-state index in [9.17, 15) is 4.79 Å². The molecule has 0 saturated carbocycles. The van der Waals surface area contributed by atoms with Crippen molar-refractivity contribution in [3.63, 3.8) is 0 Å². The van der Waals surface area contributed by atoms with Crippen molar-refractivity contribution in [3.8, 4) is 0 Å². The Bertz CT molecular complexity index is 442. The van der Waals surface area contributed by atoms with E-state index in [2.05, 4.69) is 5.32 Å². The third-order valence-corrected chi connectivity index (χ3v) is 2.66. The van der Waals surface area contributed by atoms with Crippen LogP contribution in [0.2, 0.25) is 0 Å². The number of nitrogens with two attached hydrogens (primary N) is 1. The summed E-state index contributed by atoms with van der Waals surface area (Å²) in [6.45, 7) is 5.44. The second-order valence-electron chi connectivity index (χ2n) is 4.92. The third kappa shape index (κ3) is 7.59. The molecule has 4 heteroatoms. The molecule has 0 heterocycles. The number of carbonyl (C=O) groups is 1. The SMILES string of the molecule is CC(C)OCCCCNC(=O)/C=C/c1cccc(N)c1. The fourth-order valence-corrected chi connectivity index (χ4v) is 1.65. The molecule has 3 N–H and O–H groups in total. The van der Waals surface area contributed by atoms with Crippen LogP contribution in [0.5, 0.6) is 0 Å². The van der Waals surface area contributed by atoms with E-state index in [1.54, 1.807) is 6.08 Å². The number of hydrogen-bond acceptors (Lipinski definition) is 3. The van der Waals surface area contributed by atoms with E-state index in [-0.39, 0.29) is 12.0 Å². The van der Waals surface area contributed by atoms with Crippen molar-refractivity contribution >= 4 is 17.7 Å². The molecule has 0 bridgehead atoms. The van der Waals surface area contributed by atoms with Gasteiger partial charge in [0.25, 0.3) is 0 Å². The molecule has 0 atom stereocenters. The van der Waals surface area contributed by atoms with Crippen LogP contribution in [-0.4, -0.2) is 25.2 Å². The second kappa shape index (κ2) is 9.15. The summed E-state index contributed by atoms with van der Waals surface area (Å²) in [7, 11) is 0. The molecular formula is C16H24N2O2. The topological polar surface area (TPSA) is 64.3 Å². The number of hydrogen-bond donors (Lipinski definition) is 2. The van der Waals surface area contributed by atoms with Crippen LogP contribution in [0, 0.1) is 0 Å². The predicted molar refractivity (Wildman–Crippen MR) is 83.2 cm³/mol. The molecule has 0 aliphatic rings. The molecule has 1 aromatic rings. The van der Waals surface area contributed by atoms with Crippen molar-refractivity contribution in [3.05, 3.63) is 35.9 Å². The Labute approximate surface area is 121 Å². The maximum atomic E-state index is 11.6. The van der Waals surface area contributed by atoms with Gasteiger partial charge in [-0.2, -0.15) is 0 Å². The molecule has 0 saturated heterocycles. The summed E-state index contributed by atoms with van der Waals surface area (Å²) in [4.78, 5) is 11.6. The Morgan fingerprint density at radius 3 is 2.90 bits per heavy atom. The first-order valence-electron chi connectivity index (χ1n) is 7.01. The summed E-state index contributed by atoms with van der Waals surface area (Å²) in [6, 6.07) is 7.41. The minimum Gasteiger partial charge on any atom is -0.399 e. The number of benzene rings is 1. The molecule has 4 nitrogen and oxygen atoms in total. The summed E-state index contributed by atoms with van der Waals surface area (Å²) in [5.41, 5.74) is 7.28. The van der Waals surface area contributed by atoms with Crippen LogP contribution in [0.3, 0.4) is 0 Å². The van der Waals surface area contributed by atoms with Gasteiger partial charge in [-0.1, -0.05) is 12.1 Å². The largest absolute Gasteiger partial charge is 0.399 e. The van der Waals surface area contributed by atoms with Crippen LogP contribution < -0.4 is 11.1 Å². The molecule has 1 aromatic carbocycles. The van der Waals surface area contributed by atoms with E-state index in [0.717, 1.165) is 25.0 Å². The van der Waals surface area contributed by atoms with Gasteiger partial charge in [-0.05, 0) is 50.5 Å². The van der Waals surface area contributed by atoms with Crippen molar-refractivity contribution in [2.45, 2.75) is 32.8 Å². The number of amides is 1. The molecule has 0 unspecified atom stereocenters. The van der Waals surface area contributed by atoms with Gasteiger partial charge in [-0.15, -0.1) is 0 Å². The van der Waals surface area contributed by atoms with Gasteiger partial charge in [0, 0.05) is 24.9 Å². The summed E-state index contributed by atoms with van der Waals surface area (Å²) < 4.78 is 5.43. The lowest BCUT2D eigenvalue weighted by molar-refractivity contribution is -0.116. The zero-order chi connectivity index (χ0) is 14.8. The lowest BCUT2D eigenvalue weighted by Gasteiger charge is -2.07. The van der Waals surface area contributed by atoms with Crippen LogP contribution in [-0.2, 0) is 9.53 Å². The first kappa shape index (κ1) is 16.2. The van der Waals surface area contributed by atoms with E-state index in [1.165, 1.54) is 6.08 Å². The van der Waals surface area contributed by atoms with Gasteiger partial charge >= 0.3 is 0 Å². The lowest BCUT2D eigenvalue weighted by Crippen LogP contribution is -2.22. The number of nitrogen functional groups attached to an aromatic ring is 1. The van der Waals surface area contributed by atoms with Crippen LogP contribution in [0.15, 0.2) is 30.3 Å². The van der Waals surface area contributed by atoms with E-state index in [1.807, 2.05) is 38.1 Å². The lowest BCUT2D eigenvalue weighted by atomic mass is 10.2. The highest BCUT2D eigenvalue weighted by Gasteiger charge is 1.96. The number of unbranched alkanes of at least 4 members (excludes halogenated alkanes) is 1. The Hall–Kier alpha value is -1.81. The maximum Gasteiger partial charge on any atom is 0.243 e. The van der Waals surface area contributed by atoms with Gasteiger partial charge in [0.15, 0.2) is 0 Å². The predicted octanol–water partition coefficient (Wildman–Crippen LogP) is 2.60. The minimum atomic E-state index is -0.0859. The van der Waals surface area contributed by atoms with Crippen LogP contribution in [0.25, 0.3) is 6.08 Å². The van der Waals surface area contributed by atoms with Crippen molar-refractivity contribution in [2.24, 2.45) is 0 Å². The first-order valence-corrected chi connectivity index (χ1v) is 7.01. The molecule has 0 aromatic heterocycles. The number of nitrogens with one attached hydrogen (secondary N) is 1. The molecule has 1 amide bonds. The average molecular weight is 276 g/mol. The zero-order valence-corrected chi connectivity index (χ0v) is 12.3. The molecule has 1 rings (SSSR count). The Balaban J connectivity index is 2.17. The standard InChI is InChI=1S/C16H24N2O2/c1-13(2)20-11-4-3-10-18-16(19)9-8-14-6-5-7-15(17)12-14/h5-9,12-13H,3-4,10-11,17H2,1-2H3,(H,18,19)/b9-8+. The molecule has 110 valence electrons. The molecule has 0 aliphatic heterocycles. The maximum absolute atomic E-state index is 11.6. The zero-order valence-electron chi connectivity index (χ0n) is 12.3. The number of anilines is 1. The van der Waals surface area contributed by atoms with Crippen molar-refractivity contribution in [2.75, 3.05) is 18.9 Å². The quantitative estimate of drug-likeness (QED) is 0.436. The highest BCUT2D eigenvalue weighted by atomic mass is 16.5. The van der Waals surface area contributed by atoms with E-state index >= 15 is 0 Å². The normalized spacial score (nSPS) is 11.2. The second-order valence-corrected chi connectivity index (χ2v) is 4.92. The molecule has 0 fully saturated rings. The highest BCUT2D eigenvalue weighted by Crippen LogP contribution is 2.07. The molecule has 0 spiro atoms. The van der Waals surface area contributed by atoms with Crippen molar-refractivity contribution in [1.82, 2.24) is 5.32 Å². The number of ether oxygens (including phenoxy) is 1. The average Bonchev–Trinajstić information content (AvgIpc) is 2.40. The number of rotatable bonds is 8. The van der Waals surface area contributed by atoms with E-state index < -0.39 is 0 Å². The Morgan fingerprint density at radius 1 is 1.40 bits per heavy atom. The van der Waals surface area contributed by atoms with Gasteiger partial charge in [0.2, 0.25) is 5.91 Å². The smallest absolute Gasteiger partial charge is 0.243 e. The molecule has 0 radical (unpaired) electrons.